The Morgan fingerprint density at radius 3 is 2.85 bits per heavy atom. The highest BCUT2D eigenvalue weighted by atomic mass is 32.2. The van der Waals surface area contributed by atoms with Crippen LogP contribution in [0.5, 0.6) is 0 Å². The van der Waals surface area contributed by atoms with Crippen LogP contribution in [0.4, 0.5) is 0 Å². The fraction of sp³-hybridized carbons (Fsp3) is 0.154. The largest absolute Gasteiger partial charge is 0.311 e. The molecular formula is C13H11N5S2. The first-order valence-electron chi connectivity index (χ1n) is 6.13. The number of benzene rings is 1. The van der Waals surface area contributed by atoms with E-state index >= 15 is 0 Å². The average molecular weight is 301 g/mol. The van der Waals surface area contributed by atoms with Crippen molar-refractivity contribution in [2.45, 2.75) is 10.9 Å². The Balaban J connectivity index is 1.82. The maximum atomic E-state index is 4.30. The number of thioether (sulfide) groups is 1. The summed E-state index contributed by atoms with van der Waals surface area (Å²) in [5, 5.41) is 11.6. The molecule has 0 saturated carbocycles. The minimum atomic E-state index is 0.813. The molecule has 0 fully saturated rings. The Kier molecular flexibility index (Phi) is 2.75. The van der Waals surface area contributed by atoms with Gasteiger partial charge in [-0.3, -0.25) is 4.40 Å². The van der Waals surface area contributed by atoms with Gasteiger partial charge in [-0.25, -0.2) is 4.98 Å². The summed E-state index contributed by atoms with van der Waals surface area (Å²) in [7, 11) is 2.02. The van der Waals surface area contributed by atoms with Crippen molar-refractivity contribution in [2.75, 3.05) is 0 Å². The molecule has 3 aromatic heterocycles. The minimum absolute atomic E-state index is 0.813. The van der Waals surface area contributed by atoms with Gasteiger partial charge in [0.1, 0.15) is 0 Å². The number of para-hydroxylation sites is 2. The molecule has 1 aromatic carbocycles. The van der Waals surface area contributed by atoms with Gasteiger partial charge in [0.25, 0.3) is 0 Å². The molecule has 0 aliphatic rings. The van der Waals surface area contributed by atoms with E-state index in [-0.39, 0.29) is 0 Å². The monoisotopic (exact) mass is 301 g/mol. The summed E-state index contributed by atoms with van der Waals surface area (Å²) in [6.07, 6.45) is 0. The summed E-state index contributed by atoms with van der Waals surface area (Å²) in [5.41, 5.74) is 5.23. The van der Waals surface area contributed by atoms with E-state index in [1.54, 1.807) is 23.1 Å². The Morgan fingerprint density at radius 2 is 2.05 bits per heavy atom. The van der Waals surface area contributed by atoms with Crippen molar-refractivity contribution in [3.8, 4) is 0 Å². The highest BCUT2D eigenvalue weighted by Gasteiger charge is 2.14. The van der Waals surface area contributed by atoms with Crippen molar-refractivity contribution in [1.29, 1.82) is 0 Å². The number of thiazole rings is 1. The summed E-state index contributed by atoms with van der Waals surface area (Å²) < 4.78 is 4.17. The molecule has 4 aromatic rings. The Hall–Kier alpha value is -1.86. The summed E-state index contributed by atoms with van der Waals surface area (Å²) in [5.74, 6) is 1.68. The van der Waals surface area contributed by atoms with Gasteiger partial charge in [-0.05, 0) is 12.1 Å². The van der Waals surface area contributed by atoms with E-state index in [4.69, 9.17) is 0 Å². The molecule has 0 aliphatic heterocycles. The number of fused-ring (bicyclic) bond motifs is 3. The summed E-state index contributed by atoms with van der Waals surface area (Å²) in [6.45, 7) is 0. The van der Waals surface area contributed by atoms with Crippen molar-refractivity contribution >= 4 is 39.9 Å². The molecule has 5 nitrogen and oxygen atoms in total. The van der Waals surface area contributed by atoms with Crippen molar-refractivity contribution < 1.29 is 0 Å². The van der Waals surface area contributed by atoms with Gasteiger partial charge in [0, 0.05) is 18.2 Å². The van der Waals surface area contributed by atoms with Gasteiger partial charge in [0.05, 0.1) is 22.2 Å². The Bertz CT molecular complexity index is 875. The zero-order valence-electron chi connectivity index (χ0n) is 10.7. The van der Waals surface area contributed by atoms with Gasteiger partial charge in [-0.15, -0.1) is 21.5 Å². The van der Waals surface area contributed by atoms with Gasteiger partial charge in [-0.2, -0.15) is 0 Å². The van der Waals surface area contributed by atoms with Crippen LogP contribution in [0.1, 0.15) is 5.69 Å². The second-order valence-corrected chi connectivity index (χ2v) is 6.10. The first kappa shape index (κ1) is 11.9. The lowest BCUT2D eigenvalue weighted by Gasteiger charge is -1.97. The van der Waals surface area contributed by atoms with Gasteiger partial charge in [-0.1, -0.05) is 23.9 Å². The average Bonchev–Trinajstić information content (AvgIpc) is 3.17. The molecule has 20 heavy (non-hydrogen) atoms. The number of aryl methyl sites for hydroxylation is 1. The van der Waals surface area contributed by atoms with E-state index in [1.807, 2.05) is 24.7 Å². The van der Waals surface area contributed by atoms with Crippen molar-refractivity contribution in [1.82, 2.24) is 24.1 Å². The van der Waals surface area contributed by atoms with E-state index in [0.29, 0.717) is 0 Å². The van der Waals surface area contributed by atoms with Crippen LogP contribution < -0.4 is 0 Å². The second-order valence-electron chi connectivity index (χ2n) is 4.43. The van der Waals surface area contributed by atoms with E-state index in [9.17, 15) is 0 Å². The maximum absolute atomic E-state index is 4.30. The van der Waals surface area contributed by atoms with Gasteiger partial charge < -0.3 is 4.57 Å². The highest BCUT2D eigenvalue weighted by Crippen LogP contribution is 2.26. The summed E-state index contributed by atoms with van der Waals surface area (Å²) in [6, 6.07) is 8.27. The number of nitrogens with zero attached hydrogens (tertiary/aromatic N) is 5. The molecule has 0 bridgehead atoms. The van der Waals surface area contributed by atoms with Gasteiger partial charge >= 0.3 is 0 Å². The van der Waals surface area contributed by atoms with Gasteiger partial charge in [0.15, 0.2) is 5.16 Å². The third-order valence-electron chi connectivity index (χ3n) is 3.23. The predicted octanol–water partition coefficient (Wildman–Crippen LogP) is 2.97. The van der Waals surface area contributed by atoms with Crippen molar-refractivity contribution in [3.05, 3.63) is 40.8 Å². The molecule has 100 valence electrons. The van der Waals surface area contributed by atoms with E-state index in [1.165, 1.54) is 0 Å². The lowest BCUT2D eigenvalue weighted by Crippen LogP contribution is -1.88. The van der Waals surface area contributed by atoms with Crippen LogP contribution in [0.3, 0.4) is 0 Å². The number of imidazole rings is 1. The van der Waals surface area contributed by atoms with Crippen LogP contribution in [0.15, 0.2) is 40.3 Å². The first-order chi connectivity index (χ1) is 9.84. The normalized spacial score (nSPS) is 11.7. The number of aromatic nitrogens is 5. The molecule has 7 heteroatoms. The van der Waals surface area contributed by atoms with Crippen LogP contribution in [-0.4, -0.2) is 24.1 Å². The third-order valence-corrected chi connectivity index (χ3v) is 4.83. The van der Waals surface area contributed by atoms with E-state index in [2.05, 4.69) is 41.7 Å². The molecule has 4 rings (SSSR count). The van der Waals surface area contributed by atoms with Crippen LogP contribution >= 0.6 is 23.1 Å². The summed E-state index contributed by atoms with van der Waals surface area (Å²) >= 11 is 3.28. The molecular weight excluding hydrogens is 290 g/mol. The molecule has 0 N–H and O–H groups in total. The maximum Gasteiger partial charge on any atom is 0.236 e. The van der Waals surface area contributed by atoms with Crippen molar-refractivity contribution in [3.63, 3.8) is 0 Å². The van der Waals surface area contributed by atoms with E-state index in [0.717, 1.165) is 33.4 Å². The predicted molar refractivity (Wildman–Crippen MR) is 81.1 cm³/mol. The molecule has 0 amide bonds. The van der Waals surface area contributed by atoms with Crippen LogP contribution in [0.25, 0.3) is 16.8 Å². The smallest absolute Gasteiger partial charge is 0.236 e. The standard InChI is InChI=1S/C13H11N5S2/c1-17-10-4-2-3-5-11(10)18-12(17)15-16-13(18)20-7-9-6-19-8-14-9/h2-6,8H,7H2,1H3. The SMILES string of the molecule is Cn1c2ccccc2n2c(SCc3cscn3)nnc12. The third kappa shape index (κ3) is 1.74. The highest BCUT2D eigenvalue weighted by molar-refractivity contribution is 7.98. The molecule has 0 unspecified atom stereocenters. The minimum Gasteiger partial charge on any atom is -0.311 e. The summed E-state index contributed by atoms with van der Waals surface area (Å²) in [4.78, 5) is 4.30. The van der Waals surface area contributed by atoms with Crippen LogP contribution in [-0.2, 0) is 12.8 Å². The fourth-order valence-corrected chi connectivity index (χ4v) is 3.78. The molecule has 0 saturated heterocycles. The Morgan fingerprint density at radius 1 is 1.20 bits per heavy atom. The second kappa shape index (κ2) is 4.60. The molecule has 0 aliphatic carbocycles. The topological polar surface area (TPSA) is 48.0 Å². The number of hydrogen-bond donors (Lipinski definition) is 0. The van der Waals surface area contributed by atoms with Crippen LogP contribution in [0.2, 0.25) is 0 Å². The lowest BCUT2D eigenvalue weighted by atomic mass is 10.3. The number of hydrogen-bond acceptors (Lipinski definition) is 5. The first-order valence-corrected chi connectivity index (χ1v) is 8.06. The molecule has 0 atom stereocenters. The van der Waals surface area contributed by atoms with Gasteiger partial charge in [0.2, 0.25) is 5.78 Å². The lowest BCUT2D eigenvalue weighted by molar-refractivity contribution is 0.936. The fourth-order valence-electron chi connectivity index (χ4n) is 2.28. The number of rotatable bonds is 3. The molecule has 0 spiro atoms. The van der Waals surface area contributed by atoms with E-state index < -0.39 is 0 Å². The molecule has 3 heterocycles. The zero-order valence-corrected chi connectivity index (χ0v) is 12.4. The van der Waals surface area contributed by atoms with Crippen molar-refractivity contribution in [2.24, 2.45) is 7.05 Å². The Labute approximate surface area is 123 Å². The zero-order chi connectivity index (χ0) is 13.5. The quantitative estimate of drug-likeness (QED) is 0.546. The molecule has 0 radical (unpaired) electrons. The van der Waals surface area contributed by atoms with Crippen LogP contribution in [0, 0.1) is 0 Å².